The third-order valence-corrected chi connectivity index (χ3v) is 3.43. The molecule has 0 radical (unpaired) electrons. The van der Waals surface area contributed by atoms with Crippen LogP contribution in [0.15, 0.2) is 0 Å². The molecule has 0 saturated carbocycles. The molecule has 4 N–H and O–H groups in total. The van der Waals surface area contributed by atoms with Crippen LogP contribution in [0.25, 0.3) is 0 Å². The summed E-state index contributed by atoms with van der Waals surface area (Å²) in [5, 5.41) is 22.7. The van der Waals surface area contributed by atoms with Gasteiger partial charge in [0.2, 0.25) is 17.6 Å². The number of aliphatic hydroxyl groups is 1. The SMILES string of the molecule is C[C@@H]1CCCN(c2nc(N)c([N+](=O)[O-])c(NCCO)n2)C1. The van der Waals surface area contributed by atoms with Crippen molar-refractivity contribution in [2.24, 2.45) is 5.92 Å². The maximum absolute atomic E-state index is 11.1. The van der Waals surface area contributed by atoms with E-state index in [-0.39, 0.29) is 30.5 Å². The van der Waals surface area contributed by atoms with Crippen molar-refractivity contribution < 1.29 is 10.0 Å². The Morgan fingerprint density at radius 1 is 1.57 bits per heavy atom. The summed E-state index contributed by atoms with van der Waals surface area (Å²) in [5.74, 6) is 0.802. The maximum Gasteiger partial charge on any atom is 0.353 e. The number of aromatic nitrogens is 2. The van der Waals surface area contributed by atoms with Crippen molar-refractivity contribution in [2.45, 2.75) is 19.8 Å². The third kappa shape index (κ3) is 3.48. The van der Waals surface area contributed by atoms with Gasteiger partial charge in [-0.25, -0.2) is 0 Å². The van der Waals surface area contributed by atoms with Gasteiger partial charge < -0.3 is 21.1 Å². The van der Waals surface area contributed by atoms with Gasteiger partial charge in [-0.1, -0.05) is 6.92 Å². The Morgan fingerprint density at radius 3 is 2.95 bits per heavy atom. The summed E-state index contributed by atoms with van der Waals surface area (Å²) in [6.07, 6.45) is 2.18. The van der Waals surface area contributed by atoms with E-state index in [1.807, 2.05) is 4.90 Å². The second kappa shape index (κ2) is 6.53. The molecule has 1 aliphatic rings. The Labute approximate surface area is 122 Å². The summed E-state index contributed by atoms with van der Waals surface area (Å²) in [4.78, 5) is 20.7. The highest BCUT2D eigenvalue weighted by Crippen LogP contribution is 2.31. The van der Waals surface area contributed by atoms with Crippen LogP contribution >= 0.6 is 0 Å². The highest BCUT2D eigenvalue weighted by Gasteiger charge is 2.26. The fourth-order valence-corrected chi connectivity index (χ4v) is 2.45. The molecule has 21 heavy (non-hydrogen) atoms. The van der Waals surface area contributed by atoms with E-state index < -0.39 is 4.92 Å². The lowest BCUT2D eigenvalue weighted by Crippen LogP contribution is -2.35. The minimum atomic E-state index is -0.613. The van der Waals surface area contributed by atoms with Crippen LogP contribution in [0, 0.1) is 16.0 Å². The zero-order valence-corrected chi connectivity index (χ0v) is 11.9. The average Bonchev–Trinajstić information content (AvgIpc) is 2.44. The number of anilines is 3. The van der Waals surface area contributed by atoms with E-state index in [1.54, 1.807) is 0 Å². The van der Waals surface area contributed by atoms with Gasteiger partial charge in [-0.05, 0) is 18.8 Å². The molecule has 1 fully saturated rings. The Morgan fingerprint density at radius 2 is 2.33 bits per heavy atom. The lowest BCUT2D eigenvalue weighted by Gasteiger charge is -2.31. The molecule has 2 heterocycles. The van der Waals surface area contributed by atoms with Crippen LogP contribution in [0.4, 0.5) is 23.3 Å². The van der Waals surface area contributed by atoms with Crippen molar-refractivity contribution in [1.82, 2.24) is 9.97 Å². The molecule has 2 rings (SSSR count). The quantitative estimate of drug-likeness (QED) is 0.532. The Balaban J connectivity index is 2.34. The molecule has 0 bridgehead atoms. The molecule has 116 valence electrons. The first-order valence-corrected chi connectivity index (χ1v) is 6.94. The number of piperidine rings is 1. The first kappa shape index (κ1) is 15.2. The zero-order valence-electron chi connectivity index (χ0n) is 11.9. The highest BCUT2D eigenvalue weighted by molar-refractivity contribution is 5.70. The number of nitrogens with zero attached hydrogens (tertiary/aromatic N) is 4. The number of nitro groups is 1. The average molecular weight is 296 g/mol. The van der Waals surface area contributed by atoms with Gasteiger partial charge in [0.1, 0.15) is 0 Å². The van der Waals surface area contributed by atoms with Crippen molar-refractivity contribution in [3.8, 4) is 0 Å². The van der Waals surface area contributed by atoms with E-state index in [0.717, 1.165) is 25.9 Å². The molecule has 9 heteroatoms. The van der Waals surface area contributed by atoms with Gasteiger partial charge >= 0.3 is 5.69 Å². The Hall–Kier alpha value is -2.16. The first-order valence-electron chi connectivity index (χ1n) is 6.94. The second-order valence-electron chi connectivity index (χ2n) is 5.21. The summed E-state index contributed by atoms with van der Waals surface area (Å²) in [5.41, 5.74) is 5.36. The van der Waals surface area contributed by atoms with Crippen molar-refractivity contribution >= 4 is 23.3 Å². The van der Waals surface area contributed by atoms with Crippen LogP contribution in [-0.4, -0.2) is 46.2 Å². The van der Waals surface area contributed by atoms with Gasteiger partial charge in [0.15, 0.2) is 0 Å². The number of hydrogen-bond donors (Lipinski definition) is 3. The second-order valence-corrected chi connectivity index (χ2v) is 5.21. The predicted octanol–water partition coefficient (Wildman–Crippen LogP) is 0.607. The number of rotatable bonds is 5. The van der Waals surface area contributed by atoms with Crippen molar-refractivity contribution in [3.63, 3.8) is 0 Å². The number of aliphatic hydroxyl groups excluding tert-OH is 1. The molecule has 0 aliphatic carbocycles. The van der Waals surface area contributed by atoms with Gasteiger partial charge in [0.25, 0.3) is 0 Å². The standard InChI is InChI=1S/C12H20N6O3/c1-8-3-2-5-17(7-8)12-15-10(13)9(18(20)21)11(16-12)14-4-6-19/h8,19H,2-7H2,1H3,(H3,13,14,15,16)/t8-/m1/s1. The van der Waals surface area contributed by atoms with Gasteiger partial charge in [-0.3, -0.25) is 10.1 Å². The summed E-state index contributed by atoms with van der Waals surface area (Å²) in [7, 11) is 0. The molecular formula is C12H20N6O3. The fraction of sp³-hybridized carbons (Fsp3) is 0.667. The van der Waals surface area contributed by atoms with Crippen LogP contribution in [0.2, 0.25) is 0 Å². The van der Waals surface area contributed by atoms with E-state index in [4.69, 9.17) is 10.8 Å². The van der Waals surface area contributed by atoms with Gasteiger partial charge in [0, 0.05) is 19.6 Å². The number of nitrogens with one attached hydrogen (secondary N) is 1. The van der Waals surface area contributed by atoms with Crippen LogP contribution in [-0.2, 0) is 0 Å². The third-order valence-electron chi connectivity index (χ3n) is 3.43. The summed E-state index contributed by atoms with van der Waals surface area (Å²) < 4.78 is 0. The van der Waals surface area contributed by atoms with Crippen LogP contribution in [0.1, 0.15) is 19.8 Å². The van der Waals surface area contributed by atoms with Crippen molar-refractivity contribution in [1.29, 1.82) is 0 Å². The largest absolute Gasteiger partial charge is 0.395 e. The molecule has 0 spiro atoms. The Bertz CT molecular complexity index is 524. The number of hydrogen-bond acceptors (Lipinski definition) is 8. The smallest absolute Gasteiger partial charge is 0.353 e. The van der Waals surface area contributed by atoms with Crippen LogP contribution < -0.4 is 16.0 Å². The summed E-state index contributed by atoms with van der Waals surface area (Å²) in [6, 6.07) is 0. The molecule has 1 aliphatic heterocycles. The van der Waals surface area contributed by atoms with Gasteiger partial charge in [-0.2, -0.15) is 9.97 Å². The first-order chi connectivity index (χ1) is 10.0. The summed E-state index contributed by atoms with van der Waals surface area (Å²) in [6.45, 7) is 3.76. The van der Waals surface area contributed by atoms with E-state index >= 15 is 0 Å². The van der Waals surface area contributed by atoms with Crippen molar-refractivity contribution in [2.75, 3.05) is 42.2 Å². The number of nitrogen functional groups attached to an aromatic ring is 1. The maximum atomic E-state index is 11.1. The summed E-state index contributed by atoms with van der Waals surface area (Å²) >= 11 is 0. The highest BCUT2D eigenvalue weighted by atomic mass is 16.6. The molecule has 1 aromatic heterocycles. The molecular weight excluding hydrogens is 276 g/mol. The van der Waals surface area contributed by atoms with E-state index in [0.29, 0.717) is 11.9 Å². The van der Waals surface area contributed by atoms with Crippen molar-refractivity contribution in [3.05, 3.63) is 10.1 Å². The molecule has 1 aromatic rings. The minimum Gasteiger partial charge on any atom is -0.395 e. The predicted molar refractivity (Wildman–Crippen MR) is 79.3 cm³/mol. The molecule has 0 aromatic carbocycles. The normalized spacial score (nSPS) is 18.6. The van der Waals surface area contributed by atoms with Crippen LogP contribution in [0.3, 0.4) is 0 Å². The molecule has 0 amide bonds. The van der Waals surface area contributed by atoms with E-state index in [2.05, 4.69) is 22.2 Å². The molecule has 0 unspecified atom stereocenters. The van der Waals surface area contributed by atoms with Gasteiger partial charge in [0.05, 0.1) is 11.5 Å². The Kier molecular flexibility index (Phi) is 4.73. The zero-order chi connectivity index (χ0) is 15.4. The van der Waals surface area contributed by atoms with E-state index in [9.17, 15) is 10.1 Å². The lowest BCUT2D eigenvalue weighted by atomic mass is 10.0. The van der Waals surface area contributed by atoms with E-state index in [1.165, 1.54) is 0 Å². The molecule has 1 saturated heterocycles. The topological polar surface area (TPSA) is 130 Å². The molecule has 1 atom stereocenters. The van der Waals surface area contributed by atoms with Gasteiger partial charge in [-0.15, -0.1) is 0 Å². The van der Waals surface area contributed by atoms with Crippen LogP contribution in [0.5, 0.6) is 0 Å². The molecule has 9 nitrogen and oxygen atoms in total. The lowest BCUT2D eigenvalue weighted by molar-refractivity contribution is -0.383. The minimum absolute atomic E-state index is 0.0507. The monoisotopic (exact) mass is 296 g/mol. The fourth-order valence-electron chi connectivity index (χ4n) is 2.45. The number of nitrogens with two attached hydrogens (primary N) is 1.